The molecule has 0 atom stereocenters. The van der Waals surface area contributed by atoms with E-state index in [1.165, 1.54) is 0 Å². The van der Waals surface area contributed by atoms with Gasteiger partial charge < -0.3 is 19.7 Å². The van der Waals surface area contributed by atoms with Gasteiger partial charge >= 0.3 is 6.03 Å². The van der Waals surface area contributed by atoms with Gasteiger partial charge in [0.25, 0.3) is 0 Å². The number of carbonyl (C=O) groups is 1. The van der Waals surface area contributed by atoms with Crippen molar-refractivity contribution in [2.24, 2.45) is 0 Å². The number of fused-ring (bicyclic) bond motifs is 2. The highest BCUT2D eigenvalue weighted by atomic mass is 16.6. The summed E-state index contributed by atoms with van der Waals surface area (Å²) in [5.41, 5.74) is 3.66. The highest BCUT2D eigenvalue weighted by molar-refractivity contribution is 5.90. The number of amides is 2. The molecule has 2 aromatic carbocycles. The standard InChI is InChI=1S/C22H20N4O3/c27-22(24-17-6-7-19-20(12-17)29-11-10-28-19)26-9-8-18-16(14-26)13-23-21(25-18)15-4-2-1-3-5-15/h1-7,12-13H,8-11,14H2,(H,24,27). The lowest BCUT2D eigenvalue weighted by molar-refractivity contribution is 0.171. The highest BCUT2D eigenvalue weighted by Crippen LogP contribution is 2.32. The molecule has 29 heavy (non-hydrogen) atoms. The molecule has 2 aliphatic heterocycles. The van der Waals surface area contributed by atoms with Gasteiger partial charge in [-0.25, -0.2) is 14.8 Å². The Labute approximate surface area is 168 Å². The Bertz CT molecular complexity index is 1060. The summed E-state index contributed by atoms with van der Waals surface area (Å²) in [4.78, 5) is 23.7. The number of anilines is 1. The number of aromatic nitrogens is 2. The first kappa shape index (κ1) is 17.5. The minimum Gasteiger partial charge on any atom is -0.486 e. The molecule has 0 fully saturated rings. The van der Waals surface area contributed by atoms with Gasteiger partial charge in [0.15, 0.2) is 17.3 Å². The van der Waals surface area contributed by atoms with Crippen LogP contribution in [0.3, 0.4) is 0 Å². The van der Waals surface area contributed by atoms with Crippen LogP contribution in [0.5, 0.6) is 11.5 Å². The van der Waals surface area contributed by atoms with Crippen LogP contribution >= 0.6 is 0 Å². The zero-order valence-electron chi connectivity index (χ0n) is 15.8. The normalized spacial score (nSPS) is 14.8. The first-order chi connectivity index (χ1) is 14.3. The van der Waals surface area contributed by atoms with Gasteiger partial charge in [0, 0.05) is 42.0 Å². The summed E-state index contributed by atoms with van der Waals surface area (Å²) in [6, 6.07) is 15.2. The van der Waals surface area contributed by atoms with Gasteiger partial charge in [-0.2, -0.15) is 0 Å². The molecule has 2 aliphatic rings. The van der Waals surface area contributed by atoms with Crippen molar-refractivity contribution in [3.8, 4) is 22.9 Å². The first-order valence-electron chi connectivity index (χ1n) is 9.62. The molecule has 146 valence electrons. The number of urea groups is 1. The van der Waals surface area contributed by atoms with Crippen molar-refractivity contribution in [2.75, 3.05) is 25.1 Å². The largest absolute Gasteiger partial charge is 0.486 e. The third kappa shape index (κ3) is 3.59. The predicted molar refractivity (Wildman–Crippen MR) is 108 cm³/mol. The van der Waals surface area contributed by atoms with Crippen LogP contribution in [0.2, 0.25) is 0 Å². The fraction of sp³-hybridized carbons (Fsp3) is 0.227. The second-order valence-electron chi connectivity index (χ2n) is 6.99. The second kappa shape index (κ2) is 7.43. The maximum Gasteiger partial charge on any atom is 0.322 e. The molecule has 0 unspecified atom stereocenters. The molecule has 0 bridgehead atoms. The lowest BCUT2D eigenvalue weighted by Crippen LogP contribution is -2.39. The average Bonchev–Trinajstić information content (AvgIpc) is 2.79. The molecule has 1 N–H and O–H groups in total. The number of ether oxygens (including phenoxy) is 2. The third-order valence-electron chi connectivity index (χ3n) is 5.05. The smallest absolute Gasteiger partial charge is 0.322 e. The van der Waals surface area contributed by atoms with Crippen LogP contribution in [0, 0.1) is 0 Å². The minimum absolute atomic E-state index is 0.153. The minimum atomic E-state index is -0.153. The van der Waals surface area contributed by atoms with E-state index in [9.17, 15) is 4.79 Å². The first-order valence-corrected chi connectivity index (χ1v) is 9.62. The Kier molecular flexibility index (Phi) is 4.48. The Balaban J connectivity index is 1.29. The van der Waals surface area contributed by atoms with Crippen LogP contribution in [0.4, 0.5) is 10.5 Å². The summed E-state index contributed by atoms with van der Waals surface area (Å²) in [5.74, 6) is 2.07. The zero-order chi connectivity index (χ0) is 19.6. The third-order valence-corrected chi connectivity index (χ3v) is 5.05. The molecule has 7 heteroatoms. The number of benzene rings is 2. The SMILES string of the molecule is O=C(Nc1ccc2c(c1)OCCO2)N1CCc2nc(-c3ccccc3)ncc2C1. The Hall–Kier alpha value is -3.61. The number of hydrogen-bond donors (Lipinski definition) is 1. The number of nitrogens with one attached hydrogen (secondary N) is 1. The molecule has 0 aliphatic carbocycles. The van der Waals surface area contributed by atoms with E-state index in [2.05, 4.69) is 10.3 Å². The molecule has 0 saturated heterocycles. The van der Waals surface area contributed by atoms with E-state index in [-0.39, 0.29) is 6.03 Å². The van der Waals surface area contributed by atoms with Crippen LogP contribution in [0.1, 0.15) is 11.3 Å². The van der Waals surface area contributed by atoms with Crippen LogP contribution < -0.4 is 14.8 Å². The highest BCUT2D eigenvalue weighted by Gasteiger charge is 2.23. The maximum atomic E-state index is 12.7. The lowest BCUT2D eigenvalue weighted by Gasteiger charge is -2.28. The van der Waals surface area contributed by atoms with E-state index < -0.39 is 0 Å². The van der Waals surface area contributed by atoms with E-state index in [1.807, 2.05) is 48.7 Å². The monoisotopic (exact) mass is 388 g/mol. The average molecular weight is 388 g/mol. The lowest BCUT2D eigenvalue weighted by atomic mass is 10.1. The molecule has 3 heterocycles. The second-order valence-corrected chi connectivity index (χ2v) is 6.99. The summed E-state index contributed by atoms with van der Waals surface area (Å²) >= 11 is 0. The number of hydrogen-bond acceptors (Lipinski definition) is 5. The van der Waals surface area contributed by atoms with Gasteiger partial charge in [0.1, 0.15) is 13.2 Å². The molecule has 5 rings (SSSR count). The van der Waals surface area contributed by atoms with Crippen molar-refractivity contribution in [1.82, 2.24) is 14.9 Å². The quantitative estimate of drug-likeness (QED) is 0.727. The van der Waals surface area contributed by atoms with E-state index >= 15 is 0 Å². The van der Waals surface area contributed by atoms with Crippen molar-refractivity contribution in [3.05, 3.63) is 66.0 Å². The van der Waals surface area contributed by atoms with E-state index in [4.69, 9.17) is 14.5 Å². The molecule has 0 spiro atoms. The molecule has 2 amide bonds. The topological polar surface area (TPSA) is 76.6 Å². The molecule has 0 saturated carbocycles. The van der Waals surface area contributed by atoms with Gasteiger partial charge in [0.2, 0.25) is 0 Å². The summed E-state index contributed by atoms with van der Waals surface area (Å²) in [6.45, 7) is 2.15. The van der Waals surface area contributed by atoms with Gasteiger partial charge in [-0.3, -0.25) is 0 Å². The summed E-state index contributed by atoms with van der Waals surface area (Å²) in [6.07, 6.45) is 2.53. The number of rotatable bonds is 2. The number of nitrogens with zero attached hydrogens (tertiary/aromatic N) is 3. The van der Waals surface area contributed by atoms with Gasteiger partial charge in [-0.05, 0) is 12.1 Å². The van der Waals surface area contributed by atoms with Crippen molar-refractivity contribution >= 4 is 11.7 Å². The fourth-order valence-corrected chi connectivity index (χ4v) is 3.54. The Morgan fingerprint density at radius 3 is 2.72 bits per heavy atom. The molecule has 7 nitrogen and oxygen atoms in total. The zero-order valence-corrected chi connectivity index (χ0v) is 15.8. The number of carbonyl (C=O) groups excluding carboxylic acids is 1. The predicted octanol–water partition coefficient (Wildman–Crippen LogP) is 3.51. The van der Waals surface area contributed by atoms with Gasteiger partial charge in [0.05, 0.1) is 12.2 Å². The molecular weight excluding hydrogens is 368 g/mol. The van der Waals surface area contributed by atoms with Crippen LogP contribution in [-0.2, 0) is 13.0 Å². The van der Waals surface area contributed by atoms with Crippen molar-refractivity contribution < 1.29 is 14.3 Å². The van der Waals surface area contributed by atoms with Crippen LogP contribution in [-0.4, -0.2) is 40.7 Å². The van der Waals surface area contributed by atoms with E-state index in [0.29, 0.717) is 49.9 Å². The maximum absolute atomic E-state index is 12.7. The van der Waals surface area contributed by atoms with Crippen molar-refractivity contribution in [1.29, 1.82) is 0 Å². The molecule has 1 aromatic heterocycles. The van der Waals surface area contributed by atoms with Crippen LogP contribution in [0.15, 0.2) is 54.7 Å². The Morgan fingerprint density at radius 1 is 1.03 bits per heavy atom. The van der Waals surface area contributed by atoms with Crippen molar-refractivity contribution in [3.63, 3.8) is 0 Å². The Morgan fingerprint density at radius 2 is 1.86 bits per heavy atom. The van der Waals surface area contributed by atoms with E-state index in [0.717, 1.165) is 22.6 Å². The van der Waals surface area contributed by atoms with Gasteiger partial charge in [-0.15, -0.1) is 0 Å². The summed E-state index contributed by atoms with van der Waals surface area (Å²) < 4.78 is 11.1. The summed E-state index contributed by atoms with van der Waals surface area (Å²) in [5, 5.41) is 2.94. The van der Waals surface area contributed by atoms with Crippen LogP contribution in [0.25, 0.3) is 11.4 Å². The summed E-state index contributed by atoms with van der Waals surface area (Å²) in [7, 11) is 0. The fourth-order valence-electron chi connectivity index (χ4n) is 3.54. The molecule has 3 aromatic rings. The van der Waals surface area contributed by atoms with Gasteiger partial charge in [-0.1, -0.05) is 30.3 Å². The van der Waals surface area contributed by atoms with E-state index in [1.54, 1.807) is 11.0 Å². The molecular formula is C22H20N4O3. The molecule has 0 radical (unpaired) electrons. The van der Waals surface area contributed by atoms with Crippen molar-refractivity contribution in [2.45, 2.75) is 13.0 Å².